The van der Waals surface area contributed by atoms with Crippen LogP contribution in [0.15, 0.2) is 0 Å². The summed E-state index contributed by atoms with van der Waals surface area (Å²) in [6, 6.07) is 0.351. The zero-order chi connectivity index (χ0) is 10.4. The van der Waals surface area contributed by atoms with E-state index in [1.807, 2.05) is 0 Å². The topological polar surface area (TPSA) is 44.4 Å². The van der Waals surface area contributed by atoms with Gasteiger partial charge in [-0.25, -0.2) is 0 Å². The van der Waals surface area contributed by atoms with Gasteiger partial charge >= 0.3 is 0 Å². The van der Waals surface area contributed by atoms with Gasteiger partial charge in [0, 0.05) is 12.6 Å². The highest BCUT2D eigenvalue weighted by atomic mass is 16.1. The van der Waals surface area contributed by atoms with E-state index in [0.29, 0.717) is 12.6 Å². The standard InChI is InChI=1S/C10H21N3O/c1-3-13-6-4-5-9(8-13)12-10(14)7-11-2/h9,11H,3-8H2,1-2H3,(H,12,14). The van der Waals surface area contributed by atoms with E-state index in [1.165, 1.54) is 13.0 Å². The predicted octanol–water partition coefficient (Wildman–Crippen LogP) is -0.194. The molecule has 1 aliphatic rings. The number of nitrogens with one attached hydrogen (secondary N) is 2. The Bertz CT molecular complexity index is 184. The van der Waals surface area contributed by atoms with Crippen LogP contribution in [-0.2, 0) is 4.79 Å². The van der Waals surface area contributed by atoms with Crippen molar-refractivity contribution in [3.63, 3.8) is 0 Å². The van der Waals surface area contributed by atoms with E-state index in [2.05, 4.69) is 22.5 Å². The van der Waals surface area contributed by atoms with Gasteiger partial charge in [0.2, 0.25) is 5.91 Å². The first-order valence-corrected chi connectivity index (χ1v) is 5.42. The number of carbonyl (C=O) groups excluding carboxylic acids is 1. The summed E-state index contributed by atoms with van der Waals surface area (Å²) >= 11 is 0. The second-order valence-corrected chi connectivity index (χ2v) is 3.83. The average Bonchev–Trinajstić information content (AvgIpc) is 2.18. The van der Waals surface area contributed by atoms with Gasteiger partial charge in [-0.05, 0) is 33.0 Å². The van der Waals surface area contributed by atoms with Gasteiger partial charge in [0.1, 0.15) is 0 Å². The third-order valence-electron chi connectivity index (χ3n) is 2.66. The monoisotopic (exact) mass is 199 g/mol. The lowest BCUT2D eigenvalue weighted by atomic mass is 10.1. The molecule has 0 radical (unpaired) electrons. The molecule has 4 nitrogen and oxygen atoms in total. The van der Waals surface area contributed by atoms with Crippen LogP contribution in [0.3, 0.4) is 0 Å². The molecular weight excluding hydrogens is 178 g/mol. The fourth-order valence-electron chi connectivity index (χ4n) is 1.90. The first-order chi connectivity index (χ1) is 6.76. The summed E-state index contributed by atoms with van der Waals surface area (Å²) in [5.74, 6) is 0.107. The van der Waals surface area contributed by atoms with Crippen LogP contribution in [-0.4, -0.2) is 50.1 Å². The normalized spacial score (nSPS) is 23.4. The minimum atomic E-state index is 0.107. The van der Waals surface area contributed by atoms with E-state index >= 15 is 0 Å². The summed E-state index contributed by atoms with van der Waals surface area (Å²) < 4.78 is 0. The molecule has 2 N–H and O–H groups in total. The number of piperidine rings is 1. The SMILES string of the molecule is CCN1CCCC(NC(=O)CNC)C1. The van der Waals surface area contributed by atoms with E-state index < -0.39 is 0 Å². The molecule has 0 bridgehead atoms. The quantitative estimate of drug-likeness (QED) is 0.659. The first-order valence-electron chi connectivity index (χ1n) is 5.42. The molecule has 1 unspecified atom stereocenters. The van der Waals surface area contributed by atoms with Crippen LogP contribution < -0.4 is 10.6 Å². The lowest BCUT2D eigenvalue weighted by Gasteiger charge is -2.32. The maximum absolute atomic E-state index is 11.3. The van der Waals surface area contributed by atoms with Crippen molar-refractivity contribution in [2.75, 3.05) is 33.2 Å². The van der Waals surface area contributed by atoms with E-state index in [0.717, 1.165) is 19.5 Å². The number of hydrogen-bond donors (Lipinski definition) is 2. The zero-order valence-corrected chi connectivity index (χ0v) is 9.18. The summed E-state index contributed by atoms with van der Waals surface area (Å²) in [7, 11) is 1.79. The van der Waals surface area contributed by atoms with E-state index in [1.54, 1.807) is 7.05 Å². The number of likely N-dealkylation sites (tertiary alicyclic amines) is 1. The second-order valence-electron chi connectivity index (χ2n) is 3.83. The summed E-state index contributed by atoms with van der Waals surface area (Å²) in [6.07, 6.45) is 2.31. The highest BCUT2D eigenvalue weighted by molar-refractivity contribution is 5.78. The van der Waals surface area contributed by atoms with Gasteiger partial charge in [-0.1, -0.05) is 6.92 Å². The molecule has 0 aliphatic carbocycles. The summed E-state index contributed by atoms with van der Waals surface area (Å²) in [5.41, 5.74) is 0. The lowest BCUT2D eigenvalue weighted by molar-refractivity contribution is -0.121. The van der Waals surface area contributed by atoms with E-state index in [4.69, 9.17) is 0 Å². The number of hydrogen-bond acceptors (Lipinski definition) is 3. The third-order valence-corrected chi connectivity index (χ3v) is 2.66. The van der Waals surface area contributed by atoms with Crippen molar-refractivity contribution in [2.45, 2.75) is 25.8 Å². The second kappa shape index (κ2) is 5.98. The Morgan fingerprint density at radius 1 is 1.57 bits per heavy atom. The highest BCUT2D eigenvalue weighted by Gasteiger charge is 2.19. The molecule has 0 saturated carbocycles. The van der Waals surface area contributed by atoms with Gasteiger partial charge in [-0.15, -0.1) is 0 Å². The molecule has 1 heterocycles. The fraction of sp³-hybridized carbons (Fsp3) is 0.900. The predicted molar refractivity (Wildman–Crippen MR) is 57.2 cm³/mol. The van der Waals surface area contributed by atoms with Crippen molar-refractivity contribution in [1.29, 1.82) is 0 Å². The summed E-state index contributed by atoms with van der Waals surface area (Å²) in [5, 5.41) is 5.90. The summed E-state index contributed by atoms with van der Waals surface area (Å²) in [4.78, 5) is 13.7. The van der Waals surface area contributed by atoms with Gasteiger partial charge in [0.05, 0.1) is 6.54 Å². The Hall–Kier alpha value is -0.610. The molecule has 1 amide bonds. The molecule has 0 aromatic rings. The molecule has 0 aromatic heterocycles. The largest absolute Gasteiger partial charge is 0.351 e. The maximum Gasteiger partial charge on any atom is 0.234 e. The first kappa shape index (κ1) is 11.5. The van der Waals surface area contributed by atoms with Crippen LogP contribution in [0.5, 0.6) is 0 Å². The van der Waals surface area contributed by atoms with Gasteiger partial charge in [-0.3, -0.25) is 4.79 Å². The molecular formula is C10H21N3O. The minimum Gasteiger partial charge on any atom is -0.351 e. The molecule has 1 rings (SSSR count). The van der Waals surface area contributed by atoms with Crippen molar-refractivity contribution in [3.8, 4) is 0 Å². The van der Waals surface area contributed by atoms with Crippen molar-refractivity contribution in [2.24, 2.45) is 0 Å². The average molecular weight is 199 g/mol. The van der Waals surface area contributed by atoms with Crippen molar-refractivity contribution >= 4 is 5.91 Å². The molecule has 0 aromatic carbocycles. The van der Waals surface area contributed by atoms with E-state index in [-0.39, 0.29) is 5.91 Å². The summed E-state index contributed by atoms with van der Waals surface area (Å²) in [6.45, 7) is 5.85. The van der Waals surface area contributed by atoms with Crippen molar-refractivity contribution in [1.82, 2.24) is 15.5 Å². The minimum absolute atomic E-state index is 0.107. The Morgan fingerprint density at radius 3 is 3.00 bits per heavy atom. The molecule has 1 fully saturated rings. The van der Waals surface area contributed by atoms with E-state index in [9.17, 15) is 4.79 Å². The number of carbonyl (C=O) groups is 1. The number of likely N-dealkylation sites (N-methyl/N-ethyl adjacent to an activating group) is 2. The molecule has 1 saturated heterocycles. The fourth-order valence-corrected chi connectivity index (χ4v) is 1.90. The molecule has 14 heavy (non-hydrogen) atoms. The number of nitrogens with zero attached hydrogens (tertiary/aromatic N) is 1. The van der Waals surface area contributed by atoms with Crippen LogP contribution in [0.4, 0.5) is 0 Å². The Kier molecular flexibility index (Phi) is 4.90. The van der Waals surface area contributed by atoms with Crippen molar-refractivity contribution < 1.29 is 4.79 Å². The number of amides is 1. The van der Waals surface area contributed by atoms with Gasteiger partial charge < -0.3 is 15.5 Å². The molecule has 82 valence electrons. The molecule has 1 aliphatic heterocycles. The highest BCUT2D eigenvalue weighted by Crippen LogP contribution is 2.08. The molecule has 4 heteroatoms. The van der Waals surface area contributed by atoms with Crippen LogP contribution >= 0.6 is 0 Å². The van der Waals surface area contributed by atoms with Crippen LogP contribution in [0.1, 0.15) is 19.8 Å². The Labute approximate surface area is 86.0 Å². The lowest BCUT2D eigenvalue weighted by Crippen LogP contribution is -2.49. The zero-order valence-electron chi connectivity index (χ0n) is 9.18. The number of rotatable bonds is 4. The van der Waals surface area contributed by atoms with Crippen LogP contribution in [0, 0.1) is 0 Å². The van der Waals surface area contributed by atoms with Gasteiger partial charge in [0.15, 0.2) is 0 Å². The van der Waals surface area contributed by atoms with Gasteiger partial charge in [0.25, 0.3) is 0 Å². The van der Waals surface area contributed by atoms with Crippen molar-refractivity contribution in [3.05, 3.63) is 0 Å². The smallest absolute Gasteiger partial charge is 0.234 e. The molecule has 1 atom stereocenters. The maximum atomic E-state index is 11.3. The Balaban J connectivity index is 2.26. The third kappa shape index (κ3) is 3.64. The van der Waals surface area contributed by atoms with Crippen LogP contribution in [0.25, 0.3) is 0 Å². The van der Waals surface area contributed by atoms with Gasteiger partial charge in [-0.2, -0.15) is 0 Å². The van der Waals surface area contributed by atoms with Crippen LogP contribution in [0.2, 0.25) is 0 Å². The molecule has 0 spiro atoms. The Morgan fingerprint density at radius 2 is 2.36 bits per heavy atom.